The molecular weight excluding hydrogens is 427 g/mol. The van der Waals surface area contributed by atoms with Gasteiger partial charge in [-0.3, -0.25) is 9.69 Å². The lowest BCUT2D eigenvalue weighted by atomic mass is 9.89. The number of nitrogens with one attached hydrogen (secondary N) is 1. The van der Waals surface area contributed by atoms with Gasteiger partial charge in [-0.15, -0.1) is 0 Å². The van der Waals surface area contributed by atoms with Gasteiger partial charge in [-0.1, -0.05) is 18.2 Å². The fourth-order valence-electron chi connectivity index (χ4n) is 4.60. The Bertz CT molecular complexity index is 932. The molecule has 0 aromatic carbocycles. The minimum Gasteiger partial charge on any atom is -0.442 e. The Kier molecular flexibility index (Phi) is 4.92. The number of allylic oxidation sites excluding steroid dienone is 1. The number of amides is 2. The van der Waals surface area contributed by atoms with Crippen molar-refractivity contribution >= 4 is 22.0 Å². The first-order valence-corrected chi connectivity index (χ1v) is 11.0. The van der Waals surface area contributed by atoms with Crippen LogP contribution in [0.5, 0.6) is 0 Å². The van der Waals surface area contributed by atoms with E-state index in [1.54, 1.807) is 11.0 Å². The molecule has 4 aliphatic rings. The van der Waals surface area contributed by atoms with E-state index in [1.165, 1.54) is 6.92 Å². The summed E-state index contributed by atoms with van der Waals surface area (Å²) in [6.45, 7) is 1.62. The number of carbonyl (C=O) groups excluding carboxylic acids is 2. The van der Waals surface area contributed by atoms with Gasteiger partial charge in [0.1, 0.15) is 6.10 Å². The molecule has 30 heavy (non-hydrogen) atoms. The Morgan fingerprint density at radius 3 is 2.70 bits per heavy atom. The number of halogens is 3. The fraction of sp³-hybridized carbons (Fsp3) is 0.667. The standard InChI is InChI=1S/C18H22F3N3O5S/c1-11(25)22-7-15-9-24(16(26)29-15)14-4-2-12(3-5-14)17-6-13(17)8-23(10-17)30(27,28)18(19,20)21/h2-4,13-15H,5-10H2,1H3,(H,22,25)/t13?,14?,15-,17?/m0/s1. The van der Waals surface area contributed by atoms with Gasteiger partial charge >= 0.3 is 21.6 Å². The number of sulfonamides is 1. The summed E-state index contributed by atoms with van der Waals surface area (Å²) >= 11 is 0. The molecular formula is C18H22F3N3O5S. The highest BCUT2D eigenvalue weighted by molar-refractivity contribution is 7.90. The number of ether oxygens (including phenoxy) is 1. The Labute approximate surface area is 171 Å². The lowest BCUT2D eigenvalue weighted by molar-refractivity contribution is -0.119. The maximum atomic E-state index is 12.9. The van der Waals surface area contributed by atoms with Crippen LogP contribution in [0.4, 0.5) is 18.0 Å². The third-order valence-electron chi connectivity index (χ3n) is 6.28. The highest BCUT2D eigenvalue weighted by Gasteiger charge is 2.66. The predicted molar refractivity (Wildman–Crippen MR) is 98.4 cm³/mol. The molecule has 0 aromatic rings. The summed E-state index contributed by atoms with van der Waals surface area (Å²) in [5.41, 5.74) is -5.04. The fourth-order valence-corrected chi connectivity index (χ4v) is 5.67. The van der Waals surface area contributed by atoms with Crippen LogP contribution >= 0.6 is 0 Å². The molecule has 2 aliphatic heterocycles. The molecule has 0 aromatic heterocycles. The molecule has 0 radical (unpaired) electrons. The molecule has 3 fully saturated rings. The molecule has 2 saturated heterocycles. The van der Waals surface area contributed by atoms with E-state index in [0.29, 0.717) is 23.7 Å². The highest BCUT2D eigenvalue weighted by Crippen LogP contribution is 2.64. The lowest BCUT2D eigenvalue weighted by Crippen LogP contribution is -2.41. The van der Waals surface area contributed by atoms with Crippen molar-refractivity contribution in [3.05, 3.63) is 23.8 Å². The van der Waals surface area contributed by atoms with Crippen LogP contribution in [0, 0.1) is 11.3 Å². The quantitative estimate of drug-likeness (QED) is 0.684. The zero-order valence-electron chi connectivity index (χ0n) is 16.2. The molecule has 8 nitrogen and oxygen atoms in total. The van der Waals surface area contributed by atoms with Crippen molar-refractivity contribution in [2.75, 3.05) is 26.2 Å². The van der Waals surface area contributed by atoms with Crippen molar-refractivity contribution in [1.82, 2.24) is 14.5 Å². The van der Waals surface area contributed by atoms with Crippen LogP contribution in [0.25, 0.3) is 0 Å². The topological polar surface area (TPSA) is 96.0 Å². The number of fused-ring (bicyclic) bond motifs is 1. The summed E-state index contributed by atoms with van der Waals surface area (Å²) in [5.74, 6) is -0.341. The Balaban J connectivity index is 1.38. The van der Waals surface area contributed by atoms with E-state index < -0.39 is 33.1 Å². The first-order valence-electron chi connectivity index (χ1n) is 9.61. The summed E-state index contributed by atoms with van der Waals surface area (Å²) in [4.78, 5) is 24.7. The number of carbonyl (C=O) groups is 2. The number of rotatable bonds is 5. The van der Waals surface area contributed by atoms with Crippen LogP contribution in [0.2, 0.25) is 0 Å². The van der Waals surface area contributed by atoms with Gasteiger partial charge in [-0.2, -0.15) is 17.5 Å². The second kappa shape index (κ2) is 6.98. The predicted octanol–water partition coefficient (Wildman–Crippen LogP) is 1.37. The zero-order chi connectivity index (χ0) is 21.9. The van der Waals surface area contributed by atoms with Gasteiger partial charge in [0.15, 0.2) is 0 Å². The summed E-state index contributed by atoms with van der Waals surface area (Å²) in [7, 11) is -5.32. The first-order chi connectivity index (χ1) is 13.9. The molecule has 4 rings (SSSR count). The van der Waals surface area contributed by atoms with Gasteiger partial charge in [0.2, 0.25) is 5.91 Å². The average molecular weight is 449 g/mol. The molecule has 166 valence electrons. The van der Waals surface area contributed by atoms with Crippen LogP contribution in [0.3, 0.4) is 0 Å². The van der Waals surface area contributed by atoms with Gasteiger partial charge in [0.05, 0.1) is 19.1 Å². The summed E-state index contributed by atoms with van der Waals surface area (Å²) in [5, 5.41) is 2.61. The van der Waals surface area contributed by atoms with Crippen molar-refractivity contribution < 1.29 is 35.9 Å². The SMILES string of the molecule is CC(=O)NC[C@H]1CN(C2C=CC(C34CC3CN(S(=O)(=O)C(F)(F)F)C4)=CC2)C(=O)O1. The number of hydrogen-bond acceptors (Lipinski definition) is 5. The number of hydrogen-bond donors (Lipinski definition) is 1. The maximum Gasteiger partial charge on any atom is 0.511 e. The molecule has 2 amide bonds. The minimum absolute atomic E-state index is 0.124. The molecule has 2 aliphatic carbocycles. The van der Waals surface area contributed by atoms with E-state index in [4.69, 9.17) is 4.74 Å². The number of cyclic esters (lactones) is 1. The summed E-state index contributed by atoms with van der Waals surface area (Å²) < 4.78 is 67.8. The Morgan fingerprint density at radius 2 is 2.10 bits per heavy atom. The minimum atomic E-state index is -5.32. The van der Waals surface area contributed by atoms with Crippen molar-refractivity contribution in [3.63, 3.8) is 0 Å². The second-order valence-corrected chi connectivity index (χ2v) is 10.1. The van der Waals surface area contributed by atoms with E-state index >= 15 is 0 Å². The van der Waals surface area contributed by atoms with Gasteiger partial charge in [-0.05, 0) is 24.3 Å². The summed E-state index contributed by atoms with van der Waals surface area (Å²) in [6, 6.07) is -0.256. The van der Waals surface area contributed by atoms with Crippen LogP contribution in [-0.2, 0) is 19.6 Å². The van der Waals surface area contributed by atoms with Crippen molar-refractivity contribution in [3.8, 4) is 0 Å². The molecule has 12 heteroatoms. The first kappa shape index (κ1) is 21.2. The molecule has 0 bridgehead atoms. The molecule has 4 atom stereocenters. The van der Waals surface area contributed by atoms with Crippen LogP contribution in [-0.4, -0.2) is 73.5 Å². The largest absolute Gasteiger partial charge is 0.511 e. The second-order valence-electron chi connectivity index (χ2n) is 8.22. The third-order valence-corrected chi connectivity index (χ3v) is 7.82. The molecule has 2 heterocycles. The van der Waals surface area contributed by atoms with Crippen molar-refractivity contribution in [2.45, 2.75) is 37.4 Å². The molecule has 1 N–H and O–H groups in total. The van der Waals surface area contributed by atoms with E-state index in [0.717, 1.165) is 5.57 Å². The summed E-state index contributed by atoms with van der Waals surface area (Å²) in [6.07, 6.45) is 5.67. The van der Waals surface area contributed by atoms with Crippen molar-refractivity contribution in [2.24, 2.45) is 11.3 Å². The van der Waals surface area contributed by atoms with Gasteiger partial charge in [0, 0.05) is 25.4 Å². The zero-order valence-corrected chi connectivity index (χ0v) is 17.0. The van der Waals surface area contributed by atoms with Crippen molar-refractivity contribution in [1.29, 1.82) is 0 Å². The van der Waals surface area contributed by atoms with Crippen LogP contribution < -0.4 is 5.32 Å². The number of alkyl halides is 3. The normalized spacial score (nSPS) is 33.9. The van der Waals surface area contributed by atoms with Gasteiger partial charge in [0.25, 0.3) is 0 Å². The molecule has 1 saturated carbocycles. The lowest BCUT2D eigenvalue weighted by Gasteiger charge is -2.27. The Morgan fingerprint density at radius 1 is 1.37 bits per heavy atom. The van der Waals surface area contributed by atoms with E-state index in [-0.39, 0.29) is 37.5 Å². The highest BCUT2D eigenvalue weighted by atomic mass is 32.2. The van der Waals surface area contributed by atoms with Gasteiger partial charge in [-0.25, -0.2) is 13.2 Å². The third kappa shape index (κ3) is 3.49. The monoisotopic (exact) mass is 449 g/mol. The number of piperidine rings is 1. The van der Waals surface area contributed by atoms with E-state index in [2.05, 4.69) is 5.32 Å². The smallest absolute Gasteiger partial charge is 0.442 e. The Hall–Kier alpha value is -2.08. The van der Waals surface area contributed by atoms with Crippen LogP contribution in [0.15, 0.2) is 23.8 Å². The van der Waals surface area contributed by atoms with E-state index in [1.807, 2.05) is 12.2 Å². The van der Waals surface area contributed by atoms with Crippen LogP contribution in [0.1, 0.15) is 19.8 Å². The molecule has 3 unspecified atom stereocenters. The van der Waals surface area contributed by atoms with Gasteiger partial charge < -0.3 is 10.1 Å². The average Bonchev–Trinajstić information content (AvgIpc) is 3.03. The maximum absolute atomic E-state index is 12.9. The number of nitrogens with zero attached hydrogens (tertiary/aromatic N) is 2. The molecule has 0 spiro atoms. The van der Waals surface area contributed by atoms with E-state index in [9.17, 15) is 31.2 Å².